The predicted molar refractivity (Wildman–Crippen MR) is 64.6 cm³/mol. The van der Waals surface area contributed by atoms with Gasteiger partial charge in [0.2, 0.25) is 0 Å². The molecule has 0 unspecified atom stereocenters. The largest absolute Gasteiger partial charge is 0.490 e. The van der Waals surface area contributed by atoms with Crippen LogP contribution in [0.15, 0.2) is 24.3 Å². The Balaban J connectivity index is 1.66. The Bertz CT molecular complexity index is 380. The van der Waals surface area contributed by atoms with Crippen LogP contribution in [-0.4, -0.2) is 11.6 Å². The molecule has 1 aromatic carbocycles. The van der Waals surface area contributed by atoms with E-state index in [0.717, 1.165) is 12.2 Å². The molecule has 86 valence electrons. The SMILES string of the molecule is NC1(Cc2cccc(OC3CCC3)c2)CC1. The summed E-state index contributed by atoms with van der Waals surface area (Å²) in [5.74, 6) is 1.02. The number of benzene rings is 1. The van der Waals surface area contributed by atoms with Crippen LogP contribution in [0.3, 0.4) is 0 Å². The van der Waals surface area contributed by atoms with Crippen molar-refractivity contribution in [2.75, 3.05) is 0 Å². The molecule has 3 rings (SSSR count). The highest BCUT2D eigenvalue weighted by Gasteiger charge is 2.37. The molecule has 0 aromatic heterocycles. The lowest BCUT2D eigenvalue weighted by atomic mass is 9.96. The molecule has 16 heavy (non-hydrogen) atoms. The highest BCUT2D eigenvalue weighted by Crippen LogP contribution is 2.36. The first-order valence-corrected chi connectivity index (χ1v) is 6.28. The molecule has 0 amide bonds. The predicted octanol–water partition coefficient (Wildman–Crippen LogP) is 2.65. The van der Waals surface area contributed by atoms with Crippen LogP contribution < -0.4 is 10.5 Å². The van der Waals surface area contributed by atoms with Crippen molar-refractivity contribution >= 4 is 0 Å². The first kappa shape index (κ1) is 10.2. The fourth-order valence-corrected chi connectivity index (χ4v) is 2.15. The fraction of sp³-hybridized carbons (Fsp3) is 0.571. The summed E-state index contributed by atoms with van der Waals surface area (Å²) in [5, 5.41) is 0. The summed E-state index contributed by atoms with van der Waals surface area (Å²) < 4.78 is 5.89. The van der Waals surface area contributed by atoms with E-state index in [-0.39, 0.29) is 5.54 Å². The zero-order chi connectivity index (χ0) is 11.0. The summed E-state index contributed by atoms with van der Waals surface area (Å²) in [5.41, 5.74) is 7.54. The second-order valence-corrected chi connectivity index (χ2v) is 5.36. The summed E-state index contributed by atoms with van der Waals surface area (Å²) >= 11 is 0. The molecule has 0 heterocycles. The van der Waals surface area contributed by atoms with Gasteiger partial charge in [0.15, 0.2) is 0 Å². The highest BCUT2D eigenvalue weighted by atomic mass is 16.5. The van der Waals surface area contributed by atoms with Gasteiger partial charge in [0, 0.05) is 5.54 Å². The Morgan fingerprint density at radius 1 is 1.31 bits per heavy atom. The van der Waals surface area contributed by atoms with Crippen molar-refractivity contribution in [2.24, 2.45) is 5.73 Å². The molecule has 2 N–H and O–H groups in total. The quantitative estimate of drug-likeness (QED) is 0.841. The van der Waals surface area contributed by atoms with Gasteiger partial charge in [-0.25, -0.2) is 0 Å². The number of nitrogens with two attached hydrogens (primary N) is 1. The average molecular weight is 217 g/mol. The number of hydrogen-bond donors (Lipinski definition) is 1. The first-order valence-electron chi connectivity index (χ1n) is 6.28. The van der Waals surface area contributed by atoms with Crippen LogP contribution in [0.2, 0.25) is 0 Å². The number of hydrogen-bond acceptors (Lipinski definition) is 2. The molecular formula is C14H19NO. The van der Waals surface area contributed by atoms with Gasteiger partial charge in [-0.05, 0) is 56.2 Å². The van der Waals surface area contributed by atoms with Crippen molar-refractivity contribution in [3.05, 3.63) is 29.8 Å². The van der Waals surface area contributed by atoms with Crippen molar-refractivity contribution in [3.8, 4) is 5.75 Å². The molecule has 2 heteroatoms. The monoisotopic (exact) mass is 217 g/mol. The van der Waals surface area contributed by atoms with E-state index in [2.05, 4.69) is 24.3 Å². The van der Waals surface area contributed by atoms with E-state index in [1.165, 1.54) is 37.7 Å². The Kier molecular flexibility index (Phi) is 2.40. The second-order valence-electron chi connectivity index (χ2n) is 5.36. The summed E-state index contributed by atoms with van der Waals surface area (Å²) in [7, 11) is 0. The Morgan fingerprint density at radius 2 is 2.12 bits per heavy atom. The van der Waals surface area contributed by atoms with Crippen molar-refractivity contribution in [1.29, 1.82) is 0 Å². The van der Waals surface area contributed by atoms with Gasteiger partial charge in [-0.2, -0.15) is 0 Å². The van der Waals surface area contributed by atoms with Gasteiger partial charge in [0.25, 0.3) is 0 Å². The minimum Gasteiger partial charge on any atom is -0.490 e. The van der Waals surface area contributed by atoms with E-state index < -0.39 is 0 Å². The third-order valence-corrected chi connectivity index (χ3v) is 3.70. The summed E-state index contributed by atoms with van der Waals surface area (Å²) in [6, 6.07) is 8.44. The van der Waals surface area contributed by atoms with Crippen LogP contribution in [0.5, 0.6) is 5.75 Å². The zero-order valence-electron chi connectivity index (χ0n) is 9.61. The smallest absolute Gasteiger partial charge is 0.119 e. The fourth-order valence-electron chi connectivity index (χ4n) is 2.15. The first-order chi connectivity index (χ1) is 7.73. The van der Waals surface area contributed by atoms with Gasteiger partial charge < -0.3 is 10.5 Å². The van der Waals surface area contributed by atoms with Crippen LogP contribution in [0, 0.1) is 0 Å². The molecule has 2 nitrogen and oxygen atoms in total. The third-order valence-electron chi connectivity index (χ3n) is 3.70. The van der Waals surface area contributed by atoms with Crippen LogP contribution in [-0.2, 0) is 6.42 Å². The van der Waals surface area contributed by atoms with E-state index >= 15 is 0 Å². The Hall–Kier alpha value is -1.02. The molecule has 0 spiro atoms. The molecule has 0 aliphatic heterocycles. The van der Waals surface area contributed by atoms with E-state index in [1.807, 2.05) is 0 Å². The third kappa shape index (κ3) is 2.22. The number of ether oxygens (including phenoxy) is 1. The van der Waals surface area contributed by atoms with Gasteiger partial charge in [-0.15, -0.1) is 0 Å². The average Bonchev–Trinajstić information content (AvgIpc) is 2.90. The molecule has 2 aliphatic carbocycles. The molecule has 0 saturated heterocycles. The van der Waals surface area contributed by atoms with Crippen molar-refractivity contribution in [2.45, 2.75) is 50.2 Å². The lowest BCUT2D eigenvalue weighted by Crippen LogP contribution is -2.25. The molecule has 0 bridgehead atoms. The Labute approximate surface area is 96.8 Å². The molecule has 2 saturated carbocycles. The lowest BCUT2D eigenvalue weighted by molar-refractivity contribution is 0.120. The van der Waals surface area contributed by atoms with E-state index in [0.29, 0.717) is 6.10 Å². The second kappa shape index (κ2) is 3.77. The summed E-state index contributed by atoms with van der Waals surface area (Å²) in [4.78, 5) is 0. The summed E-state index contributed by atoms with van der Waals surface area (Å²) in [6.07, 6.45) is 7.53. The molecule has 0 radical (unpaired) electrons. The van der Waals surface area contributed by atoms with Crippen molar-refractivity contribution in [1.82, 2.24) is 0 Å². The maximum Gasteiger partial charge on any atom is 0.119 e. The normalized spacial score (nSPS) is 22.6. The van der Waals surface area contributed by atoms with Crippen molar-refractivity contribution in [3.63, 3.8) is 0 Å². The molecule has 2 aliphatic rings. The van der Waals surface area contributed by atoms with Gasteiger partial charge in [0.05, 0.1) is 6.10 Å². The van der Waals surface area contributed by atoms with Crippen LogP contribution in [0.4, 0.5) is 0 Å². The molecule has 2 fully saturated rings. The molecule has 1 aromatic rings. The van der Waals surface area contributed by atoms with E-state index in [1.54, 1.807) is 0 Å². The van der Waals surface area contributed by atoms with Crippen LogP contribution in [0.25, 0.3) is 0 Å². The molecule has 0 atom stereocenters. The van der Waals surface area contributed by atoms with Gasteiger partial charge in [0.1, 0.15) is 5.75 Å². The maximum atomic E-state index is 6.13. The van der Waals surface area contributed by atoms with Gasteiger partial charge in [-0.1, -0.05) is 12.1 Å². The maximum absolute atomic E-state index is 6.13. The minimum atomic E-state index is 0.0924. The van der Waals surface area contributed by atoms with Crippen LogP contribution in [0.1, 0.15) is 37.7 Å². The van der Waals surface area contributed by atoms with Crippen LogP contribution >= 0.6 is 0 Å². The zero-order valence-corrected chi connectivity index (χ0v) is 9.61. The highest BCUT2D eigenvalue weighted by molar-refractivity contribution is 5.31. The standard InChI is InChI=1S/C14H19NO/c15-14(7-8-14)10-11-3-1-6-13(9-11)16-12-4-2-5-12/h1,3,6,9,12H,2,4-5,7-8,10,15H2. The minimum absolute atomic E-state index is 0.0924. The molecular weight excluding hydrogens is 198 g/mol. The lowest BCUT2D eigenvalue weighted by Gasteiger charge is -2.26. The number of rotatable bonds is 4. The Morgan fingerprint density at radius 3 is 2.75 bits per heavy atom. The summed E-state index contributed by atoms with van der Waals surface area (Å²) in [6.45, 7) is 0. The topological polar surface area (TPSA) is 35.2 Å². The van der Waals surface area contributed by atoms with Gasteiger partial charge >= 0.3 is 0 Å². The van der Waals surface area contributed by atoms with Crippen molar-refractivity contribution < 1.29 is 4.74 Å². The van der Waals surface area contributed by atoms with Gasteiger partial charge in [-0.3, -0.25) is 0 Å². The van der Waals surface area contributed by atoms with E-state index in [4.69, 9.17) is 10.5 Å². The van der Waals surface area contributed by atoms with E-state index in [9.17, 15) is 0 Å².